The number of nitrogens with one attached hydrogen (secondary N) is 1. The molecule has 0 saturated carbocycles. The third kappa shape index (κ3) is 1.84. The van der Waals surface area contributed by atoms with E-state index in [0.717, 1.165) is 6.42 Å². The van der Waals surface area contributed by atoms with Gasteiger partial charge in [0.2, 0.25) is 0 Å². The summed E-state index contributed by atoms with van der Waals surface area (Å²) >= 11 is 0. The zero-order valence-electron chi connectivity index (χ0n) is 6.98. The molecule has 1 saturated heterocycles. The molecule has 1 rings (SSSR count). The van der Waals surface area contributed by atoms with Gasteiger partial charge in [-0.1, -0.05) is 6.08 Å². The molecular formula is C9H17N. The molecule has 1 unspecified atom stereocenters. The summed E-state index contributed by atoms with van der Waals surface area (Å²) in [5.41, 5.74) is 0.369. The first-order valence-corrected chi connectivity index (χ1v) is 4.03. The molecule has 0 aromatic carbocycles. The van der Waals surface area contributed by atoms with Crippen LogP contribution in [0.25, 0.3) is 0 Å². The first-order chi connectivity index (χ1) is 4.64. The van der Waals surface area contributed by atoms with Gasteiger partial charge in [0.1, 0.15) is 0 Å². The Balaban J connectivity index is 2.35. The third-order valence-corrected chi connectivity index (χ3v) is 2.16. The molecule has 1 atom stereocenters. The highest BCUT2D eigenvalue weighted by molar-refractivity contribution is 4.93. The van der Waals surface area contributed by atoms with Gasteiger partial charge >= 0.3 is 0 Å². The Morgan fingerprint density at radius 3 is 2.80 bits per heavy atom. The number of hydrogen-bond acceptors (Lipinski definition) is 1. The summed E-state index contributed by atoms with van der Waals surface area (Å²) in [6.07, 6.45) is 5.72. The second-order valence-electron chi connectivity index (χ2n) is 3.79. The molecule has 0 spiro atoms. The summed E-state index contributed by atoms with van der Waals surface area (Å²) in [7, 11) is 0. The molecule has 58 valence electrons. The quantitative estimate of drug-likeness (QED) is 0.578. The van der Waals surface area contributed by atoms with Gasteiger partial charge < -0.3 is 5.32 Å². The Hall–Kier alpha value is -0.300. The van der Waals surface area contributed by atoms with E-state index in [1.807, 2.05) is 6.08 Å². The number of hydrogen-bond donors (Lipinski definition) is 1. The van der Waals surface area contributed by atoms with Gasteiger partial charge in [-0.3, -0.25) is 0 Å². The van der Waals surface area contributed by atoms with E-state index in [9.17, 15) is 0 Å². The monoisotopic (exact) mass is 139 g/mol. The van der Waals surface area contributed by atoms with Gasteiger partial charge in [0.25, 0.3) is 0 Å². The first-order valence-electron chi connectivity index (χ1n) is 4.03. The van der Waals surface area contributed by atoms with Crippen molar-refractivity contribution in [1.82, 2.24) is 5.32 Å². The van der Waals surface area contributed by atoms with E-state index in [-0.39, 0.29) is 0 Å². The topological polar surface area (TPSA) is 12.0 Å². The molecule has 1 nitrogen and oxygen atoms in total. The van der Waals surface area contributed by atoms with Crippen LogP contribution in [0.1, 0.15) is 33.1 Å². The van der Waals surface area contributed by atoms with Crippen molar-refractivity contribution in [3.05, 3.63) is 12.7 Å². The largest absolute Gasteiger partial charge is 0.309 e. The van der Waals surface area contributed by atoms with Gasteiger partial charge in [0, 0.05) is 11.6 Å². The minimum absolute atomic E-state index is 0.369. The van der Waals surface area contributed by atoms with E-state index in [2.05, 4.69) is 25.7 Å². The highest BCUT2D eigenvalue weighted by Crippen LogP contribution is 2.23. The molecule has 0 aromatic rings. The molecule has 0 amide bonds. The minimum atomic E-state index is 0.369. The molecule has 10 heavy (non-hydrogen) atoms. The summed E-state index contributed by atoms with van der Waals surface area (Å²) in [6, 6.07) is 0.687. The first kappa shape index (κ1) is 7.80. The Kier molecular flexibility index (Phi) is 2.14. The van der Waals surface area contributed by atoms with Crippen LogP contribution >= 0.6 is 0 Å². The van der Waals surface area contributed by atoms with Crippen LogP contribution in [0.15, 0.2) is 12.7 Å². The van der Waals surface area contributed by atoms with Crippen molar-refractivity contribution in [3.8, 4) is 0 Å². The second-order valence-corrected chi connectivity index (χ2v) is 3.79. The molecule has 0 aromatic heterocycles. The predicted molar refractivity (Wildman–Crippen MR) is 45.1 cm³/mol. The van der Waals surface area contributed by atoms with Crippen molar-refractivity contribution < 1.29 is 0 Å². The second kappa shape index (κ2) is 2.75. The maximum atomic E-state index is 3.73. The van der Waals surface area contributed by atoms with Crippen LogP contribution in [0.2, 0.25) is 0 Å². The van der Waals surface area contributed by atoms with Crippen LogP contribution in [0.3, 0.4) is 0 Å². The molecule has 1 heteroatoms. The molecule has 0 aliphatic carbocycles. The Morgan fingerprint density at radius 1 is 1.70 bits per heavy atom. The molecule has 1 heterocycles. The lowest BCUT2D eigenvalue weighted by Crippen LogP contribution is -2.36. The summed E-state index contributed by atoms with van der Waals surface area (Å²) in [6.45, 7) is 8.25. The maximum absolute atomic E-state index is 3.73. The van der Waals surface area contributed by atoms with Crippen molar-refractivity contribution in [3.63, 3.8) is 0 Å². The summed E-state index contributed by atoms with van der Waals surface area (Å²) in [4.78, 5) is 0. The van der Waals surface area contributed by atoms with Gasteiger partial charge in [-0.25, -0.2) is 0 Å². The standard InChI is InChI=1S/C9H17N/c1-4-5-8-6-7-9(2,3)10-8/h4,8,10H,1,5-7H2,2-3H3. The Morgan fingerprint density at radius 2 is 2.40 bits per heavy atom. The average molecular weight is 139 g/mol. The van der Waals surface area contributed by atoms with Gasteiger partial charge in [-0.05, 0) is 33.1 Å². The summed E-state index contributed by atoms with van der Waals surface area (Å²) in [5.74, 6) is 0. The highest BCUT2D eigenvalue weighted by atomic mass is 15.0. The predicted octanol–water partition coefficient (Wildman–Crippen LogP) is 2.09. The average Bonchev–Trinajstić information content (AvgIpc) is 2.12. The van der Waals surface area contributed by atoms with Crippen LogP contribution in [-0.2, 0) is 0 Å². The zero-order valence-corrected chi connectivity index (χ0v) is 6.98. The van der Waals surface area contributed by atoms with Crippen molar-refractivity contribution in [2.24, 2.45) is 0 Å². The summed E-state index contributed by atoms with van der Waals surface area (Å²) < 4.78 is 0. The molecule has 1 aliphatic rings. The van der Waals surface area contributed by atoms with Gasteiger partial charge in [-0.2, -0.15) is 0 Å². The van der Waals surface area contributed by atoms with Gasteiger partial charge in [0.05, 0.1) is 0 Å². The highest BCUT2D eigenvalue weighted by Gasteiger charge is 2.28. The van der Waals surface area contributed by atoms with Crippen LogP contribution in [-0.4, -0.2) is 11.6 Å². The van der Waals surface area contributed by atoms with E-state index >= 15 is 0 Å². The van der Waals surface area contributed by atoms with E-state index in [1.54, 1.807) is 0 Å². The normalized spacial score (nSPS) is 30.4. The van der Waals surface area contributed by atoms with E-state index in [4.69, 9.17) is 0 Å². The fourth-order valence-corrected chi connectivity index (χ4v) is 1.61. The lowest BCUT2D eigenvalue weighted by atomic mass is 10.0. The van der Waals surface area contributed by atoms with Gasteiger partial charge in [-0.15, -0.1) is 6.58 Å². The molecule has 0 radical (unpaired) electrons. The smallest absolute Gasteiger partial charge is 0.0128 e. The van der Waals surface area contributed by atoms with Crippen molar-refractivity contribution in [2.45, 2.75) is 44.7 Å². The van der Waals surface area contributed by atoms with Gasteiger partial charge in [0.15, 0.2) is 0 Å². The van der Waals surface area contributed by atoms with Crippen LogP contribution in [0, 0.1) is 0 Å². The molecule has 0 bridgehead atoms. The van der Waals surface area contributed by atoms with Crippen LogP contribution in [0.5, 0.6) is 0 Å². The fourth-order valence-electron chi connectivity index (χ4n) is 1.61. The molecule has 1 aliphatic heterocycles. The molecule has 1 fully saturated rings. The minimum Gasteiger partial charge on any atom is -0.309 e. The van der Waals surface area contributed by atoms with Crippen LogP contribution < -0.4 is 5.32 Å². The van der Waals surface area contributed by atoms with E-state index < -0.39 is 0 Å². The molecular weight excluding hydrogens is 122 g/mol. The summed E-state index contributed by atoms with van der Waals surface area (Å²) in [5, 5.41) is 3.56. The van der Waals surface area contributed by atoms with E-state index in [0.29, 0.717) is 11.6 Å². The van der Waals surface area contributed by atoms with Crippen LogP contribution in [0.4, 0.5) is 0 Å². The number of rotatable bonds is 2. The maximum Gasteiger partial charge on any atom is 0.0128 e. The van der Waals surface area contributed by atoms with Crippen molar-refractivity contribution >= 4 is 0 Å². The van der Waals surface area contributed by atoms with Crippen molar-refractivity contribution in [2.75, 3.05) is 0 Å². The van der Waals surface area contributed by atoms with E-state index in [1.165, 1.54) is 12.8 Å². The molecule has 1 N–H and O–H groups in total. The fraction of sp³-hybridized carbons (Fsp3) is 0.778. The lowest BCUT2D eigenvalue weighted by molar-refractivity contribution is 0.429. The zero-order chi connectivity index (χ0) is 7.61. The Bertz CT molecular complexity index is 127. The Labute approximate surface area is 63.5 Å². The van der Waals surface area contributed by atoms with Crippen molar-refractivity contribution in [1.29, 1.82) is 0 Å². The SMILES string of the molecule is C=CCC1CCC(C)(C)N1. The third-order valence-electron chi connectivity index (χ3n) is 2.16. The lowest BCUT2D eigenvalue weighted by Gasteiger charge is -2.19.